The molecular formula is C17H22N4O2. The molecule has 122 valence electrons. The number of carboxylic acid groups (broad SMARTS) is 1. The van der Waals surface area contributed by atoms with Crippen LogP contribution in [-0.4, -0.2) is 44.1 Å². The number of hydrogen-bond donors (Lipinski definition) is 1. The van der Waals surface area contributed by atoms with Gasteiger partial charge in [-0.15, -0.1) is 5.10 Å². The largest absolute Gasteiger partial charge is 0.480 e. The van der Waals surface area contributed by atoms with Crippen LogP contribution in [0, 0.1) is 6.92 Å². The van der Waals surface area contributed by atoms with Crippen LogP contribution < -0.4 is 0 Å². The Morgan fingerprint density at radius 2 is 2.22 bits per heavy atom. The summed E-state index contributed by atoms with van der Waals surface area (Å²) in [6.07, 6.45) is 4.93. The van der Waals surface area contributed by atoms with Crippen molar-refractivity contribution in [2.45, 2.75) is 38.8 Å². The smallest absolute Gasteiger partial charge is 0.325 e. The number of carbonyl (C=O) groups is 1. The maximum Gasteiger partial charge on any atom is 0.325 e. The lowest BCUT2D eigenvalue weighted by molar-refractivity contribution is -0.137. The summed E-state index contributed by atoms with van der Waals surface area (Å²) in [5.41, 5.74) is 3.61. The van der Waals surface area contributed by atoms with Gasteiger partial charge in [-0.1, -0.05) is 29.5 Å². The SMILES string of the molecule is Cc1ccccc1C1CCCN1CCc1cn(CC(=O)O)nn1. The Hall–Kier alpha value is -2.21. The van der Waals surface area contributed by atoms with Gasteiger partial charge in [0.2, 0.25) is 0 Å². The highest BCUT2D eigenvalue weighted by Crippen LogP contribution is 2.33. The summed E-state index contributed by atoms with van der Waals surface area (Å²) in [4.78, 5) is 13.2. The number of rotatable bonds is 6. The van der Waals surface area contributed by atoms with Gasteiger partial charge < -0.3 is 5.11 Å². The average molecular weight is 314 g/mol. The second-order valence-electron chi connectivity index (χ2n) is 6.10. The number of aromatic nitrogens is 3. The highest BCUT2D eigenvalue weighted by atomic mass is 16.4. The summed E-state index contributed by atoms with van der Waals surface area (Å²) >= 11 is 0. The van der Waals surface area contributed by atoms with Gasteiger partial charge in [-0.2, -0.15) is 0 Å². The summed E-state index contributed by atoms with van der Waals surface area (Å²) in [6.45, 7) is 4.05. The van der Waals surface area contributed by atoms with E-state index in [0.717, 1.165) is 25.2 Å². The van der Waals surface area contributed by atoms with Gasteiger partial charge in [-0.25, -0.2) is 4.68 Å². The van der Waals surface area contributed by atoms with E-state index >= 15 is 0 Å². The zero-order chi connectivity index (χ0) is 16.2. The molecule has 2 heterocycles. The van der Waals surface area contributed by atoms with Crippen LogP contribution in [-0.2, 0) is 17.8 Å². The molecule has 6 nitrogen and oxygen atoms in total. The first kappa shape index (κ1) is 15.7. The summed E-state index contributed by atoms with van der Waals surface area (Å²) in [6, 6.07) is 9.06. The fourth-order valence-corrected chi connectivity index (χ4v) is 3.33. The van der Waals surface area contributed by atoms with Crippen molar-refractivity contribution >= 4 is 5.97 Å². The number of hydrogen-bond acceptors (Lipinski definition) is 4. The van der Waals surface area contributed by atoms with E-state index in [2.05, 4.69) is 46.4 Å². The van der Waals surface area contributed by atoms with E-state index in [1.807, 2.05) is 0 Å². The predicted molar refractivity (Wildman–Crippen MR) is 86.1 cm³/mol. The van der Waals surface area contributed by atoms with Gasteiger partial charge in [0.25, 0.3) is 0 Å². The summed E-state index contributed by atoms with van der Waals surface area (Å²) in [7, 11) is 0. The van der Waals surface area contributed by atoms with Gasteiger partial charge in [-0.05, 0) is 37.4 Å². The lowest BCUT2D eigenvalue weighted by Crippen LogP contribution is -2.26. The second-order valence-corrected chi connectivity index (χ2v) is 6.10. The van der Waals surface area contributed by atoms with Crippen LogP contribution in [0.15, 0.2) is 30.5 Å². The van der Waals surface area contributed by atoms with Crippen molar-refractivity contribution < 1.29 is 9.90 Å². The third kappa shape index (κ3) is 3.76. The number of carboxylic acids is 1. The van der Waals surface area contributed by atoms with Crippen molar-refractivity contribution in [1.29, 1.82) is 0 Å². The number of likely N-dealkylation sites (tertiary alicyclic amines) is 1. The zero-order valence-corrected chi connectivity index (χ0v) is 13.4. The Morgan fingerprint density at radius 3 is 3.00 bits per heavy atom. The van der Waals surface area contributed by atoms with Crippen LogP contribution in [0.1, 0.15) is 35.7 Å². The van der Waals surface area contributed by atoms with Gasteiger partial charge in [0.1, 0.15) is 6.54 Å². The molecule has 1 aliphatic rings. The standard InChI is InChI=1S/C17H22N4O2/c1-13-5-2-3-6-15(13)16-7-4-9-20(16)10-8-14-11-21(19-18-14)12-17(22)23/h2-3,5-6,11,16H,4,7-10,12H2,1H3,(H,22,23). The fourth-order valence-electron chi connectivity index (χ4n) is 3.33. The Morgan fingerprint density at radius 1 is 1.39 bits per heavy atom. The Bertz CT molecular complexity index is 683. The highest BCUT2D eigenvalue weighted by Gasteiger charge is 2.26. The molecule has 0 aliphatic carbocycles. The van der Waals surface area contributed by atoms with Crippen molar-refractivity contribution in [2.24, 2.45) is 0 Å². The van der Waals surface area contributed by atoms with Crippen LogP contribution in [0.2, 0.25) is 0 Å². The molecule has 0 bridgehead atoms. The zero-order valence-electron chi connectivity index (χ0n) is 13.4. The molecule has 1 aliphatic heterocycles. The summed E-state index contributed by atoms with van der Waals surface area (Å²) in [5, 5.41) is 16.7. The number of aliphatic carboxylic acids is 1. The normalized spacial score (nSPS) is 18.4. The van der Waals surface area contributed by atoms with E-state index in [-0.39, 0.29) is 6.54 Å². The number of nitrogens with zero attached hydrogens (tertiary/aromatic N) is 4. The van der Waals surface area contributed by atoms with Crippen molar-refractivity contribution in [2.75, 3.05) is 13.1 Å². The molecule has 1 atom stereocenters. The van der Waals surface area contributed by atoms with Crippen LogP contribution in [0.4, 0.5) is 0 Å². The summed E-state index contributed by atoms with van der Waals surface area (Å²) < 4.78 is 1.38. The van der Waals surface area contributed by atoms with Crippen molar-refractivity contribution in [1.82, 2.24) is 19.9 Å². The Kier molecular flexibility index (Phi) is 4.71. The number of aryl methyl sites for hydroxylation is 1. The molecular weight excluding hydrogens is 292 g/mol. The first-order valence-corrected chi connectivity index (χ1v) is 8.04. The van der Waals surface area contributed by atoms with Crippen molar-refractivity contribution in [3.8, 4) is 0 Å². The third-order valence-electron chi connectivity index (χ3n) is 4.45. The van der Waals surface area contributed by atoms with E-state index < -0.39 is 5.97 Å². The third-order valence-corrected chi connectivity index (χ3v) is 4.45. The molecule has 1 unspecified atom stereocenters. The maximum atomic E-state index is 10.7. The van der Waals surface area contributed by atoms with E-state index in [9.17, 15) is 4.79 Å². The van der Waals surface area contributed by atoms with Crippen LogP contribution in [0.5, 0.6) is 0 Å². The van der Waals surface area contributed by atoms with Crippen LogP contribution >= 0.6 is 0 Å². The molecule has 0 saturated carbocycles. The lowest BCUT2D eigenvalue weighted by Gasteiger charge is -2.25. The molecule has 2 aromatic rings. The minimum atomic E-state index is -0.902. The first-order valence-electron chi connectivity index (χ1n) is 8.04. The Balaban J connectivity index is 1.62. The molecule has 3 rings (SSSR count). The molecule has 23 heavy (non-hydrogen) atoms. The molecule has 0 spiro atoms. The molecule has 0 amide bonds. The van der Waals surface area contributed by atoms with Crippen molar-refractivity contribution in [3.05, 3.63) is 47.3 Å². The molecule has 1 aromatic heterocycles. The van der Waals surface area contributed by atoms with Gasteiger partial charge in [0.15, 0.2) is 0 Å². The van der Waals surface area contributed by atoms with Gasteiger partial charge in [0, 0.05) is 25.2 Å². The van der Waals surface area contributed by atoms with Gasteiger partial charge in [-0.3, -0.25) is 9.69 Å². The van der Waals surface area contributed by atoms with E-state index in [4.69, 9.17) is 5.11 Å². The van der Waals surface area contributed by atoms with Crippen LogP contribution in [0.3, 0.4) is 0 Å². The second kappa shape index (κ2) is 6.91. The van der Waals surface area contributed by atoms with Gasteiger partial charge >= 0.3 is 5.97 Å². The maximum absolute atomic E-state index is 10.7. The van der Waals surface area contributed by atoms with E-state index in [1.54, 1.807) is 6.20 Å². The molecule has 1 aromatic carbocycles. The average Bonchev–Trinajstić information content (AvgIpc) is 3.14. The quantitative estimate of drug-likeness (QED) is 0.883. The monoisotopic (exact) mass is 314 g/mol. The first-order chi connectivity index (χ1) is 11.1. The van der Waals surface area contributed by atoms with Crippen LogP contribution in [0.25, 0.3) is 0 Å². The van der Waals surface area contributed by atoms with Crippen molar-refractivity contribution in [3.63, 3.8) is 0 Å². The molecule has 1 saturated heterocycles. The number of benzene rings is 1. The lowest BCUT2D eigenvalue weighted by atomic mass is 9.99. The predicted octanol–water partition coefficient (Wildman–Crippen LogP) is 2.05. The highest BCUT2D eigenvalue weighted by molar-refractivity contribution is 5.66. The molecule has 1 fully saturated rings. The minimum Gasteiger partial charge on any atom is -0.480 e. The van der Waals surface area contributed by atoms with E-state index in [0.29, 0.717) is 6.04 Å². The summed E-state index contributed by atoms with van der Waals surface area (Å²) in [5.74, 6) is -0.902. The van der Waals surface area contributed by atoms with Gasteiger partial charge in [0.05, 0.1) is 5.69 Å². The topological polar surface area (TPSA) is 71.2 Å². The molecule has 0 radical (unpaired) electrons. The molecule has 1 N–H and O–H groups in total. The van der Waals surface area contributed by atoms with E-state index in [1.165, 1.54) is 28.7 Å². The fraction of sp³-hybridized carbons (Fsp3) is 0.471. The Labute approximate surface area is 135 Å². The molecule has 6 heteroatoms. The minimum absolute atomic E-state index is 0.136.